The average molecular weight is 547 g/mol. The fourth-order valence-corrected chi connectivity index (χ4v) is 7.47. The maximum atomic E-state index is 11.8. The van der Waals surface area contributed by atoms with Crippen LogP contribution in [0.4, 0.5) is 0 Å². The number of carboxylic acids is 2. The van der Waals surface area contributed by atoms with Crippen LogP contribution < -0.4 is 0 Å². The van der Waals surface area contributed by atoms with Gasteiger partial charge in [-0.15, -0.1) is 23.5 Å². The number of quaternary nitrogens is 1. The maximum absolute atomic E-state index is 11.8. The van der Waals surface area contributed by atoms with Crippen molar-refractivity contribution in [2.24, 2.45) is 0 Å². The van der Waals surface area contributed by atoms with Crippen LogP contribution in [0, 0.1) is 0 Å². The lowest BCUT2D eigenvalue weighted by molar-refractivity contribution is -0.927. The molecule has 0 saturated heterocycles. The minimum atomic E-state index is -0.879. The molecule has 0 aromatic heterocycles. The van der Waals surface area contributed by atoms with Gasteiger partial charge >= 0.3 is 11.9 Å². The van der Waals surface area contributed by atoms with Crippen LogP contribution in [0.25, 0.3) is 0 Å². The third-order valence-electron chi connectivity index (χ3n) is 6.89. The lowest BCUT2D eigenvalue weighted by Crippen LogP contribution is -2.55. The minimum absolute atomic E-state index is 0.294. The van der Waals surface area contributed by atoms with E-state index in [1.807, 2.05) is 24.3 Å². The lowest BCUT2D eigenvalue weighted by atomic mass is 10.1. The summed E-state index contributed by atoms with van der Waals surface area (Å²) < 4.78 is 0.989. The van der Waals surface area contributed by atoms with E-state index < -0.39 is 11.9 Å². The van der Waals surface area contributed by atoms with Crippen molar-refractivity contribution >= 4 is 35.5 Å². The summed E-state index contributed by atoms with van der Waals surface area (Å²) in [5.74, 6) is -1.76. The molecule has 37 heavy (non-hydrogen) atoms. The quantitative estimate of drug-likeness (QED) is 0.146. The van der Waals surface area contributed by atoms with Crippen LogP contribution in [-0.2, 0) is 0 Å². The first kappa shape index (κ1) is 31.3. The highest BCUT2D eigenvalue weighted by atomic mass is 32.2. The van der Waals surface area contributed by atoms with E-state index in [-0.39, 0.29) is 0 Å². The van der Waals surface area contributed by atoms with Crippen molar-refractivity contribution in [1.82, 2.24) is 0 Å². The molecule has 0 aliphatic rings. The van der Waals surface area contributed by atoms with Crippen LogP contribution in [-0.4, -0.2) is 63.3 Å². The first-order valence-electron chi connectivity index (χ1n) is 13.6. The van der Waals surface area contributed by atoms with Gasteiger partial charge in [0.15, 0.2) is 0 Å². The van der Waals surface area contributed by atoms with E-state index in [0.29, 0.717) is 21.6 Å². The van der Waals surface area contributed by atoms with E-state index >= 15 is 0 Å². The Bertz CT molecular complexity index is 918. The number of hydrogen-bond acceptors (Lipinski definition) is 4. The molecule has 2 aromatic rings. The summed E-state index contributed by atoms with van der Waals surface area (Å²) in [6.07, 6.45) is 6.46. The first-order chi connectivity index (χ1) is 17.8. The van der Waals surface area contributed by atoms with Gasteiger partial charge in [-0.3, -0.25) is 0 Å². The van der Waals surface area contributed by atoms with Crippen LogP contribution in [0.3, 0.4) is 0 Å². The first-order valence-corrected chi connectivity index (χ1v) is 15.4. The van der Waals surface area contributed by atoms with Crippen molar-refractivity contribution in [3.05, 3.63) is 59.7 Å². The van der Waals surface area contributed by atoms with E-state index in [9.17, 15) is 19.8 Å². The number of benzene rings is 2. The van der Waals surface area contributed by atoms with Crippen LogP contribution in [0.1, 0.15) is 86.9 Å². The zero-order valence-electron chi connectivity index (χ0n) is 22.8. The highest BCUT2D eigenvalue weighted by Gasteiger charge is 2.34. The van der Waals surface area contributed by atoms with Gasteiger partial charge in [-0.2, -0.15) is 0 Å². The second kappa shape index (κ2) is 16.1. The molecule has 0 aliphatic carbocycles. The number of thioether (sulfide) groups is 2. The predicted octanol–water partition coefficient (Wildman–Crippen LogP) is 7.94. The van der Waals surface area contributed by atoms with Gasteiger partial charge in [0.05, 0.1) is 47.8 Å². The van der Waals surface area contributed by atoms with E-state index in [0.717, 1.165) is 79.0 Å². The summed E-state index contributed by atoms with van der Waals surface area (Å²) >= 11 is 3.40. The Kier molecular flexibility index (Phi) is 13.6. The molecule has 2 unspecified atom stereocenters. The van der Waals surface area contributed by atoms with E-state index in [1.54, 1.807) is 47.8 Å². The van der Waals surface area contributed by atoms with Gasteiger partial charge in [0, 0.05) is 9.79 Å². The van der Waals surface area contributed by atoms with Crippen LogP contribution >= 0.6 is 23.5 Å². The molecular weight excluding hydrogens is 502 g/mol. The topological polar surface area (TPSA) is 74.6 Å². The number of carboxylic acid groups (broad SMARTS) is 2. The predicted molar refractivity (Wildman–Crippen MR) is 156 cm³/mol. The van der Waals surface area contributed by atoms with Gasteiger partial charge in [0.1, 0.15) is 0 Å². The number of unbranched alkanes of at least 4 members (excludes halogenated alkanes) is 2. The minimum Gasteiger partial charge on any atom is -0.478 e. The molecule has 0 saturated carbocycles. The lowest BCUT2D eigenvalue weighted by Gasteiger charge is -2.43. The highest BCUT2D eigenvalue weighted by Crippen LogP contribution is 2.35. The molecule has 0 fully saturated rings. The van der Waals surface area contributed by atoms with Gasteiger partial charge in [0.25, 0.3) is 0 Å². The Morgan fingerprint density at radius 3 is 1.41 bits per heavy atom. The molecule has 204 valence electrons. The normalized spacial score (nSPS) is 13.3. The molecule has 2 atom stereocenters. The highest BCUT2D eigenvalue weighted by molar-refractivity contribution is 8.00. The average Bonchev–Trinajstić information content (AvgIpc) is 2.90. The summed E-state index contributed by atoms with van der Waals surface area (Å²) in [6.45, 7) is 13.0. The molecule has 0 heterocycles. The smallest absolute Gasteiger partial charge is 0.336 e. The van der Waals surface area contributed by atoms with E-state index in [4.69, 9.17) is 0 Å². The van der Waals surface area contributed by atoms with E-state index in [2.05, 4.69) is 27.7 Å². The second-order valence-corrected chi connectivity index (χ2v) is 12.4. The monoisotopic (exact) mass is 546 g/mol. The van der Waals surface area contributed by atoms with Gasteiger partial charge in [-0.25, -0.2) is 9.59 Å². The zero-order valence-corrected chi connectivity index (χ0v) is 24.5. The molecule has 0 aliphatic heterocycles. The summed E-state index contributed by atoms with van der Waals surface area (Å²) in [5.41, 5.74) is 0.747. The third-order valence-corrected chi connectivity index (χ3v) is 9.74. The summed E-state index contributed by atoms with van der Waals surface area (Å²) in [5, 5.41) is 20.0. The number of aromatic carboxylic acids is 2. The van der Waals surface area contributed by atoms with Crippen LogP contribution in [0.2, 0.25) is 0 Å². The van der Waals surface area contributed by atoms with Crippen molar-refractivity contribution < 1.29 is 24.3 Å². The van der Waals surface area contributed by atoms with Crippen molar-refractivity contribution in [3.8, 4) is 0 Å². The third kappa shape index (κ3) is 9.69. The standard InChI is InChI=1S/C30H43NO4S2/c1-5-9-19-31(20-10-6-2,21-23(7-3)36-27-17-13-11-15-25(27)29(32)33)22-24(8-4)37-28-18-14-12-16-26(28)30(34)35/h11-18,23-24H,5-10,19-22H2,1-4H3,(H-,32,33,34,35)/p+1. The van der Waals surface area contributed by atoms with Crippen molar-refractivity contribution in [1.29, 1.82) is 0 Å². The number of hydrogen-bond donors (Lipinski definition) is 2. The van der Waals surface area contributed by atoms with E-state index in [1.165, 1.54) is 0 Å². The Morgan fingerprint density at radius 2 is 1.08 bits per heavy atom. The second-order valence-electron chi connectivity index (χ2n) is 9.76. The maximum Gasteiger partial charge on any atom is 0.336 e. The molecule has 0 bridgehead atoms. The van der Waals surface area contributed by atoms with Gasteiger partial charge in [0.2, 0.25) is 0 Å². The van der Waals surface area contributed by atoms with Crippen LogP contribution in [0.5, 0.6) is 0 Å². The fourth-order valence-electron chi connectivity index (χ4n) is 4.75. The SMILES string of the molecule is CCCC[N+](CCCC)(CC(CC)Sc1ccccc1C(=O)O)CC(CC)Sc1ccccc1C(=O)O. The Labute approximate surface area is 231 Å². The molecule has 2 aromatic carbocycles. The van der Waals surface area contributed by atoms with Crippen molar-refractivity contribution in [3.63, 3.8) is 0 Å². The zero-order chi connectivity index (χ0) is 27.3. The van der Waals surface area contributed by atoms with Crippen molar-refractivity contribution in [2.75, 3.05) is 26.2 Å². The Hall–Kier alpha value is -1.96. The molecule has 2 rings (SSSR count). The molecule has 2 N–H and O–H groups in total. The van der Waals surface area contributed by atoms with Gasteiger partial charge in [-0.05, 0) is 49.9 Å². The number of carbonyl (C=O) groups is 2. The molecule has 0 amide bonds. The summed E-state index contributed by atoms with van der Waals surface area (Å²) in [7, 11) is 0. The van der Waals surface area contributed by atoms with Gasteiger partial charge in [-0.1, -0.05) is 64.8 Å². The van der Waals surface area contributed by atoms with Crippen LogP contribution in [0.15, 0.2) is 58.3 Å². The van der Waals surface area contributed by atoms with Crippen molar-refractivity contribution in [2.45, 2.75) is 86.5 Å². The molecule has 5 nitrogen and oxygen atoms in total. The van der Waals surface area contributed by atoms with Gasteiger partial charge < -0.3 is 14.7 Å². The molecule has 7 heteroatoms. The molecule has 0 radical (unpaired) electrons. The number of nitrogens with zero attached hydrogens (tertiary/aromatic N) is 1. The molecule has 0 spiro atoms. The Morgan fingerprint density at radius 1 is 0.703 bits per heavy atom. The summed E-state index contributed by atoms with van der Waals surface area (Å²) in [6, 6.07) is 14.6. The fraction of sp³-hybridized carbons (Fsp3) is 0.533. The largest absolute Gasteiger partial charge is 0.478 e. The summed E-state index contributed by atoms with van der Waals surface area (Å²) in [4.78, 5) is 25.3. The number of rotatable bonds is 18. The Balaban J connectivity index is 2.36. The molecular formula is C30H44NO4S2+.